The number of amidine groups is 1. The van der Waals surface area contributed by atoms with Crippen LogP contribution >= 0.6 is 0 Å². The second-order valence-corrected chi connectivity index (χ2v) is 6.76. The Morgan fingerprint density at radius 2 is 1.70 bits per heavy atom. The van der Waals surface area contributed by atoms with Crippen molar-refractivity contribution in [2.75, 3.05) is 31.1 Å². The number of hydrogen-bond acceptors (Lipinski definition) is 5. The van der Waals surface area contributed by atoms with Crippen molar-refractivity contribution in [1.29, 1.82) is 5.41 Å². The summed E-state index contributed by atoms with van der Waals surface area (Å²) in [5, 5.41) is 7.09. The summed E-state index contributed by atoms with van der Waals surface area (Å²) >= 11 is 0. The second kappa shape index (κ2) is 10.4. The van der Waals surface area contributed by atoms with Crippen LogP contribution in [0.2, 0.25) is 0 Å². The molecule has 1 heterocycles. The highest BCUT2D eigenvalue weighted by Gasteiger charge is 2.24. The molecule has 0 spiro atoms. The fourth-order valence-electron chi connectivity index (χ4n) is 3.20. The molecule has 2 aromatic rings. The number of carbonyl (C=O) groups is 2. The molecule has 1 fully saturated rings. The van der Waals surface area contributed by atoms with Crippen molar-refractivity contribution < 1.29 is 18.7 Å². The molecule has 1 aliphatic heterocycles. The van der Waals surface area contributed by atoms with Gasteiger partial charge in [0.1, 0.15) is 18.9 Å². The van der Waals surface area contributed by atoms with Gasteiger partial charge in [-0.1, -0.05) is 37.8 Å². The van der Waals surface area contributed by atoms with E-state index in [1.165, 1.54) is 0 Å². The van der Waals surface area contributed by atoms with E-state index in [1.54, 1.807) is 35.2 Å². The number of anilines is 1. The number of nitrogens with one attached hydrogen (secondary N) is 1. The van der Waals surface area contributed by atoms with Crippen molar-refractivity contribution in [2.24, 2.45) is 5.73 Å². The van der Waals surface area contributed by atoms with Gasteiger partial charge in [-0.25, -0.2) is 4.39 Å². The van der Waals surface area contributed by atoms with Crippen LogP contribution < -0.4 is 10.6 Å². The van der Waals surface area contributed by atoms with E-state index in [4.69, 9.17) is 15.9 Å². The lowest BCUT2D eigenvalue weighted by Gasteiger charge is -2.36. The SMILES string of the molecule is C.N=C(N)CC(=O)OCc1cccc(N2CCN(C(=O)c3ccccc3)CC2)c1F. The van der Waals surface area contributed by atoms with Crippen LogP contribution in [0.1, 0.15) is 29.8 Å². The van der Waals surface area contributed by atoms with Gasteiger partial charge in [-0.2, -0.15) is 0 Å². The molecular formula is C22H27FN4O3. The first-order valence-corrected chi connectivity index (χ1v) is 9.31. The van der Waals surface area contributed by atoms with Crippen LogP contribution in [-0.4, -0.2) is 48.8 Å². The summed E-state index contributed by atoms with van der Waals surface area (Å²) in [5.74, 6) is -1.45. The lowest BCUT2D eigenvalue weighted by Crippen LogP contribution is -2.49. The minimum Gasteiger partial charge on any atom is -0.460 e. The summed E-state index contributed by atoms with van der Waals surface area (Å²) in [5.41, 5.74) is 6.46. The Kier molecular flexibility index (Phi) is 7.91. The average Bonchev–Trinajstić information content (AvgIpc) is 2.73. The topological polar surface area (TPSA) is 99.7 Å². The number of nitrogens with two attached hydrogens (primary N) is 1. The number of esters is 1. The minimum atomic E-state index is -0.671. The van der Waals surface area contributed by atoms with Crippen LogP contribution in [0.25, 0.3) is 0 Å². The Hall–Kier alpha value is -3.42. The molecule has 7 nitrogen and oxygen atoms in total. The highest BCUT2D eigenvalue weighted by atomic mass is 19.1. The molecule has 3 N–H and O–H groups in total. The number of rotatable bonds is 6. The number of amides is 1. The van der Waals surface area contributed by atoms with E-state index >= 15 is 0 Å². The summed E-state index contributed by atoms with van der Waals surface area (Å²) in [6.45, 7) is 1.76. The predicted octanol–water partition coefficient (Wildman–Crippen LogP) is 2.79. The van der Waals surface area contributed by atoms with Crippen molar-refractivity contribution >= 4 is 23.4 Å². The largest absolute Gasteiger partial charge is 0.460 e. The standard InChI is InChI=1S/C21H23FN4O3.CH4/c22-20-16(14-29-19(27)13-18(23)24)7-4-8-17(20)25-9-11-26(12-10-25)21(28)15-5-2-1-3-6-15;/h1-8H,9-14H2,(H3,23,24);1H4. The zero-order valence-electron chi connectivity index (χ0n) is 15.9. The Morgan fingerprint density at radius 1 is 1.03 bits per heavy atom. The molecule has 0 aromatic heterocycles. The monoisotopic (exact) mass is 414 g/mol. The second-order valence-electron chi connectivity index (χ2n) is 6.76. The van der Waals surface area contributed by atoms with Gasteiger partial charge in [0.15, 0.2) is 5.82 Å². The number of carbonyl (C=O) groups excluding carboxylic acids is 2. The first-order chi connectivity index (χ1) is 14.0. The molecule has 0 radical (unpaired) electrons. The maximum Gasteiger partial charge on any atom is 0.313 e. The van der Waals surface area contributed by atoms with E-state index in [9.17, 15) is 14.0 Å². The van der Waals surface area contributed by atoms with E-state index in [1.807, 2.05) is 23.1 Å². The predicted molar refractivity (Wildman–Crippen MR) is 114 cm³/mol. The van der Waals surface area contributed by atoms with E-state index in [0.717, 1.165) is 0 Å². The zero-order chi connectivity index (χ0) is 20.8. The molecule has 0 atom stereocenters. The summed E-state index contributed by atoms with van der Waals surface area (Å²) in [7, 11) is 0. The smallest absolute Gasteiger partial charge is 0.313 e. The van der Waals surface area contributed by atoms with Crippen molar-refractivity contribution in [3.63, 3.8) is 0 Å². The molecule has 160 valence electrons. The fraction of sp³-hybridized carbons (Fsp3) is 0.318. The lowest BCUT2D eigenvalue weighted by atomic mass is 10.1. The molecule has 0 bridgehead atoms. The van der Waals surface area contributed by atoms with Gasteiger partial charge in [0.25, 0.3) is 5.91 Å². The van der Waals surface area contributed by atoms with Crippen LogP contribution in [0.15, 0.2) is 48.5 Å². The molecule has 1 aliphatic rings. The molecule has 2 aromatic carbocycles. The van der Waals surface area contributed by atoms with Crippen LogP contribution in [0.4, 0.5) is 10.1 Å². The molecule has 3 rings (SSSR count). The third-order valence-corrected chi connectivity index (χ3v) is 4.71. The minimum absolute atomic E-state index is 0. The molecular weight excluding hydrogens is 387 g/mol. The van der Waals surface area contributed by atoms with Crippen molar-refractivity contribution in [2.45, 2.75) is 20.5 Å². The molecule has 30 heavy (non-hydrogen) atoms. The Balaban J connectivity index is 0.00000320. The van der Waals surface area contributed by atoms with Crippen molar-refractivity contribution in [3.8, 4) is 0 Å². The fourth-order valence-corrected chi connectivity index (χ4v) is 3.20. The zero-order valence-corrected chi connectivity index (χ0v) is 15.9. The van der Waals surface area contributed by atoms with Gasteiger partial charge < -0.3 is 20.3 Å². The number of nitrogens with zero attached hydrogens (tertiary/aromatic N) is 2. The quantitative estimate of drug-likeness (QED) is 0.430. The number of benzene rings is 2. The number of halogens is 1. The van der Waals surface area contributed by atoms with Crippen LogP contribution in [-0.2, 0) is 16.1 Å². The van der Waals surface area contributed by atoms with Crippen LogP contribution in [0.5, 0.6) is 0 Å². The normalized spacial score (nSPS) is 13.4. The van der Waals surface area contributed by atoms with Gasteiger partial charge in [0, 0.05) is 37.3 Å². The van der Waals surface area contributed by atoms with E-state index in [-0.39, 0.29) is 37.8 Å². The maximum absolute atomic E-state index is 14.9. The first-order valence-electron chi connectivity index (χ1n) is 9.31. The highest BCUT2D eigenvalue weighted by molar-refractivity contribution is 5.95. The van der Waals surface area contributed by atoms with E-state index in [2.05, 4.69) is 0 Å². The molecule has 1 amide bonds. The lowest BCUT2D eigenvalue weighted by molar-refractivity contribution is -0.143. The summed E-state index contributed by atoms with van der Waals surface area (Å²) in [6, 6.07) is 14.0. The molecule has 0 aliphatic carbocycles. The van der Waals surface area contributed by atoms with Gasteiger partial charge in [-0.05, 0) is 18.2 Å². The van der Waals surface area contributed by atoms with E-state index in [0.29, 0.717) is 37.4 Å². The maximum atomic E-state index is 14.9. The Labute approximate surface area is 175 Å². The molecule has 0 unspecified atom stereocenters. The molecule has 8 heteroatoms. The number of ether oxygens (including phenoxy) is 1. The highest BCUT2D eigenvalue weighted by Crippen LogP contribution is 2.24. The van der Waals surface area contributed by atoms with Gasteiger partial charge in [0.05, 0.1) is 5.69 Å². The van der Waals surface area contributed by atoms with Gasteiger partial charge in [-0.3, -0.25) is 15.0 Å². The van der Waals surface area contributed by atoms with Crippen molar-refractivity contribution in [1.82, 2.24) is 4.90 Å². The molecule has 1 saturated heterocycles. The van der Waals surface area contributed by atoms with Gasteiger partial charge >= 0.3 is 5.97 Å². The van der Waals surface area contributed by atoms with E-state index < -0.39 is 11.8 Å². The first kappa shape index (κ1) is 22.9. The Bertz CT molecular complexity index is 897. The third kappa shape index (κ3) is 5.56. The summed E-state index contributed by atoms with van der Waals surface area (Å²) in [4.78, 5) is 27.7. The number of piperazine rings is 1. The number of hydrogen-bond donors (Lipinski definition) is 2. The summed E-state index contributed by atoms with van der Waals surface area (Å²) < 4.78 is 19.9. The van der Waals surface area contributed by atoms with Crippen LogP contribution in [0, 0.1) is 11.2 Å². The average molecular weight is 414 g/mol. The van der Waals surface area contributed by atoms with Gasteiger partial charge in [-0.15, -0.1) is 0 Å². The molecule has 0 saturated carbocycles. The van der Waals surface area contributed by atoms with Crippen LogP contribution in [0.3, 0.4) is 0 Å². The third-order valence-electron chi connectivity index (χ3n) is 4.71. The summed E-state index contributed by atoms with van der Waals surface area (Å²) in [6.07, 6.45) is -0.321. The van der Waals surface area contributed by atoms with Gasteiger partial charge in [0.2, 0.25) is 0 Å². The van der Waals surface area contributed by atoms with Crippen molar-refractivity contribution in [3.05, 3.63) is 65.5 Å². The Morgan fingerprint density at radius 3 is 2.33 bits per heavy atom.